The number of anilines is 1. The van der Waals surface area contributed by atoms with Crippen molar-refractivity contribution in [1.82, 2.24) is 5.32 Å². The maximum atomic E-state index is 13.4. The molecule has 2 N–H and O–H groups in total. The Hall–Kier alpha value is -2.25. The van der Waals surface area contributed by atoms with E-state index >= 15 is 0 Å². The summed E-state index contributed by atoms with van der Waals surface area (Å²) in [6.07, 6.45) is -4.78. The van der Waals surface area contributed by atoms with Crippen LogP contribution in [0.1, 0.15) is 13.8 Å². The summed E-state index contributed by atoms with van der Waals surface area (Å²) in [4.78, 5) is 22.6. The third-order valence-electron chi connectivity index (χ3n) is 2.90. The molecule has 0 unspecified atom stereocenters. The normalized spacial score (nSPS) is 12.8. The van der Waals surface area contributed by atoms with Gasteiger partial charge in [-0.1, -0.05) is 32.0 Å². The number of para-hydroxylation sites is 1. The molecule has 0 aromatic heterocycles. The Morgan fingerprint density at radius 2 is 1.77 bits per heavy atom. The van der Waals surface area contributed by atoms with Crippen molar-refractivity contribution in [1.29, 1.82) is 0 Å². The number of nitrogens with one attached hydrogen (secondary N) is 1. The highest BCUT2D eigenvalue weighted by Crippen LogP contribution is 2.33. The van der Waals surface area contributed by atoms with E-state index in [4.69, 9.17) is 5.11 Å². The molecule has 122 valence electrons. The van der Waals surface area contributed by atoms with Gasteiger partial charge in [0.05, 0.1) is 0 Å². The number of amides is 1. The summed E-state index contributed by atoms with van der Waals surface area (Å²) >= 11 is 0. The van der Waals surface area contributed by atoms with Crippen LogP contribution >= 0.6 is 0 Å². The van der Waals surface area contributed by atoms with Crippen molar-refractivity contribution in [2.75, 3.05) is 11.4 Å². The molecule has 0 saturated carbocycles. The van der Waals surface area contributed by atoms with Crippen LogP contribution in [0.4, 0.5) is 18.9 Å². The molecule has 0 aliphatic heterocycles. The molecule has 0 aliphatic carbocycles. The van der Waals surface area contributed by atoms with Gasteiger partial charge in [0.15, 0.2) is 0 Å². The lowest BCUT2D eigenvalue weighted by atomic mass is 10.0. The van der Waals surface area contributed by atoms with Crippen LogP contribution < -0.4 is 10.2 Å². The molecular formula is C14H17F3N2O3. The van der Waals surface area contributed by atoms with Crippen LogP contribution in [-0.2, 0) is 9.59 Å². The molecule has 0 aliphatic rings. The number of nitrogens with zero attached hydrogens (tertiary/aromatic N) is 1. The predicted octanol–water partition coefficient (Wildman–Crippen LogP) is 2.24. The first-order valence-corrected chi connectivity index (χ1v) is 6.55. The lowest BCUT2D eigenvalue weighted by molar-refractivity contribution is -0.148. The van der Waals surface area contributed by atoms with E-state index in [1.807, 2.05) is 5.32 Å². The van der Waals surface area contributed by atoms with Crippen LogP contribution in [0, 0.1) is 5.92 Å². The van der Waals surface area contributed by atoms with E-state index in [0.717, 1.165) is 0 Å². The molecule has 1 aromatic rings. The number of hydrogen-bond donors (Lipinski definition) is 2. The summed E-state index contributed by atoms with van der Waals surface area (Å²) in [6.45, 7) is 2.20. The highest BCUT2D eigenvalue weighted by atomic mass is 19.4. The van der Waals surface area contributed by atoms with Crippen molar-refractivity contribution < 1.29 is 27.9 Å². The van der Waals surface area contributed by atoms with Gasteiger partial charge in [-0.25, -0.2) is 0 Å². The zero-order valence-electron chi connectivity index (χ0n) is 12.1. The molecule has 1 amide bonds. The number of carbonyl (C=O) groups is 2. The monoisotopic (exact) mass is 318 g/mol. The number of carboxylic acid groups (broad SMARTS) is 1. The molecule has 0 fully saturated rings. The van der Waals surface area contributed by atoms with Gasteiger partial charge in [0.25, 0.3) is 0 Å². The van der Waals surface area contributed by atoms with E-state index in [-0.39, 0.29) is 10.6 Å². The average Bonchev–Trinajstić information content (AvgIpc) is 2.41. The first-order chi connectivity index (χ1) is 10.1. The SMILES string of the molecule is CC(C)[C@@H](C(=O)NCC(=O)O)N(c1ccccc1)C(F)(F)F. The van der Waals surface area contributed by atoms with Crippen molar-refractivity contribution in [2.45, 2.75) is 26.2 Å². The van der Waals surface area contributed by atoms with Crippen LogP contribution in [-0.4, -0.2) is 35.9 Å². The van der Waals surface area contributed by atoms with Crippen LogP contribution in [0.15, 0.2) is 30.3 Å². The van der Waals surface area contributed by atoms with Gasteiger partial charge in [-0.2, -0.15) is 13.2 Å². The van der Waals surface area contributed by atoms with Gasteiger partial charge >= 0.3 is 12.3 Å². The minimum Gasteiger partial charge on any atom is -0.480 e. The molecule has 1 rings (SSSR count). The van der Waals surface area contributed by atoms with Gasteiger partial charge in [-0.05, 0) is 18.1 Å². The quantitative estimate of drug-likeness (QED) is 0.789. The summed E-state index contributed by atoms with van der Waals surface area (Å²) in [7, 11) is 0. The van der Waals surface area contributed by atoms with E-state index in [9.17, 15) is 22.8 Å². The number of benzene rings is 1. The number of hydrogen-bond acceptors (Lipinski definition) is 3. The number of aliphatic carboxylic acids is 1. The van der Waals surface area contributed by atoms with Crippen molar-refractivity contribution in [3.05, 3.63) is 30.3 Å². The fourth-order valence-electron chi connectivity index (χ4n) is 2.04. The fraction of sp³-hybridized carbons (Fsp3) is 0.429. The molecule has 5 nitrogen and oxygen atoms in total. The predicted molar refractivity (Wildman–Crippen MR) is 74.2 cm³/mol. The van der Waals surface area contributed by atoms with E-state index in [1.54, 1.807) is 6.07 Å². The van der Waals surface area contributed by atoms with Gasteiger partial charge < -0.3 is 10.4 Å². The summed E-state index contributed by atoms with van der Waals surface area (Å²) in [6, 6.07) is 5.34. The molecule has 0 radical (unpaired) electrons. The second-order valence-electron chi connectivity index (χ2n) is 4.97. The van der Waals surface area contributed by atoms with Crippen molar-refractivity contribution in [3.63, 3.8) is 0 Å². The van der Waals surface area contributed by atoms with Gasteiger partial charge in [-0.15, -0.1) is 0 Å². The summed E-state index contributed by atoms with van der Waals surface area (Å²) in [5, 5.41) is 10.6. The third kappa shape index (κ3) is 4.64. The third-order valence-corrected chi connectivity index (χ3v) is 2.90. The number of carboxylic acids is 1. The second kappa shape index (κ2) is 7.15. The summed E-state index contributed by atoms with van der Waals surface area (Å²) < 4.78 is 40.2. The van der Waals surface area contributed by atoms with Crippen LogP contribution in [0.5, 0.6) is 0 Å². The van der Waals surface area contributed by atoms with Crippen LogP contribution in [0.2, 0.25) is 0 Å². The standard InChI is InChI=1S/C14H17F3N2O3/c1-9(2)12(13(22)18-8-11(20)21)19(14(15,16)17)10-6-4-3-5-7-10/h3-7,9,12H,8H2,1-2H3,(H,18,22)(H,20,21)/t12-/m0/s1. The minimum absolute atomic E-state index is 0.0504. The van der Waals surface area contributed by atoms with Gasteiger partial charge in [-0.3, -0.25) is 14.5 Å². The van der Waals surface area contributed by atoms with Crippen LogP contribution in [0.3, 0.4) is 0 Å². The highest BCUT2D eigenvalue weighted by molar-refractivity contribution is 5.88. The number of carbonyl (C=O) groups excluding carboxylic acids is 1. The second-order valence-corrected chi connectivity index (χ2v) is 4.97. The Bertz CT molecular complexity index is 518. The number of rotatable bonds is 6. The Morgan fingerprint density at radius 3 is 2.18 bits per heavy atom. The maximum absolute atomic E-state index is 13.4. The van der Waals surface area contributed by atoms with Crippen molar-refractivity contribution >= 4 is 17.6 Å². The Labute approximate surface area is 125 Å². The van der Waals surface area contributed by atoms with Gasteiger partial charge in [0, 0.05) is 5.69 Å². The molecule has 8 heteroatoms. The topological polar surface area (TPSA) is 69.6 Å². The first-order valence-electron chi connectivity index (χ1n) is 6.55. The smallest absolute Gasteiger partial charge is 0.480 e. The van der Waals surface area contributed by atoms with Gasteiger partial charge in [0.2, 0.25) is 5.91 Å². The molecule has 0 bridgehead atoms. The first kappa shape index (κ1) is 17.8. The molecular weight excluding hydrogens is 301 g/mol. The lowest BCUT2D eigenvalue weighted by Crippen LogP contribution is -2.56. The Balaban J connectivity index is 3.17. The van der Waals surface area contributed by atoms with E-state index in [1.165, 1.54) is 38.1 Å². The molecule has 22 heavy (non-hydrogen) atoms. The molecule has 0 heterocycles. The summed E-state index contributed by atoms with van der Waals surface area (Å²) in [5.41, 5.74) is -0.181. The van der Waals surface area contributed by atoms with E-state index in [0.29, 0.717) is 0 Å². The zero-order valence-corrected chi connectivity index (χ0v) is 12.1. The molecule has 1 aromatic carbocycles. The lowest BCUT2D eigenvalue weighted by Gasteiger charge is -2.36. The van der Waals surface area contributed by atoms with E-state index in [2.05, 4.69) is 0 Å². The highest BCUT2D eigenvalue weighted by Gasteiger charge is 2.46. The van der Waals surface area contributed by atoms with Gasteiger partial charge in [0.1, 0.15) is 12.6 Å². The Morgan fingerprint density at radius 1 is 1.23 bits per heavy atom. The van der Waals surface area contributed by atoms with Crippen molar-refractivity contribution in [3.8, 4) is 0 Å². The average molecular weight is 318 g/mol. The summed E-state index contributed by atoms with van der Waals surface area (Å²) in [5.74, 6) is -3.00. The molecule has 0 spiro atoms. The molecule has 1 atom stereocenters. The number of alkyl halides is 3. The Kier molecular flexibility index (Phi) is 5.78. The largest absolute Gasteiger partial charge is 0.485 e. The molecule has 0 saturated heterocycles. The minimum atomic E-state index is -4.78. The fourth-order valence-corrected chi connectivity index (χ4v) is 2.04. The zero-order chi connectivity index (χ0) is 16.9. The van der Waals surface area contributed by atoms with Crippen LogP contribution in [0.25, 0.3) is 0 Å². The number of halogens is 3. The van der Waals surface area contributed by atoms with E-state index < -0.39 is 36.7 Å². The maximum Gasteiger partial charge on any atom is 0.485 e. The van der Waals surface area contributed by atoms with Crippen molar-refractivity contribution in [2.24, 2.45) is 5.92 Å².